The summed E-state index contributed by atoms with van der Waals surface area (Å²) in [6.07, 6.45) is 3.13. The molecular weight excluding hydrogens is 348 g/mol. The highest BCUT2D eigenvalue weighted by atomic mass is 16.6. The van der Waals surface area contributed by atoms with Crippen LogP contribution < -0.4 is 0 Å². The molecule has 1 aromatic heterocycles. The number of benzene rings is 2. The number of aromatic nitrogens is 1. The van der Waals surface area contributed by atoms with Crippen LogP contribution in [0.25, 0.3) is 10.9 Å². The summed E-state index contributed by atoms with van der Waals surface area (Å²) in [5, 5.41) is 1.24. The van der Waals surface area contributed by atoms with Gasteiger partial charge in [0.05, 0.1) is 6.04 Å². The van der Waals surface area contributed by atoms with E-state index in [2.05, 4.69) is 42.2 Å². The molecule has 0 radical (unpaired) electrons. The summed E-state index contributed by atoms with van der Waals surface area (Å²) in [7, 11) is 0. The first-order valence-electron chi connectivity index (χ1n) is 10.3. The van der Waals surface area contributed by atoms with Crippen LogP contribution >= 0.6 is 0 Å². The fourth-order valence-corrected chi connectivity index (χ4v) is 5.34. The summed E-state index contributed by atoms with van der Waals surface area (Å²) < 4.78 is 5.67. The molecule has 1 N–H and O–H groups in total. The van der Waals surface area contributed by atoms with Crippen molar-refractivity contribution < 1.29 is 9.53 Å². The largest absolute Gasteiger partial charge is 0.445 e. The number of nitrogens with zero attached hydrogens (tertiary/aromatic N) is 1. The highest BCUT2D eigenvalue weighted by molar-refractivity contribution is 5.81. The Balaban J connectivity index is 1.37. The number of piperidine rings is 1. The molecule has 1 aliphatic carbocycles. The van der Waals surface area contributed by atoms with Gasteiger partial charge in [-0.15, -0.1) is 0 Å². The molecule has 1 saturated carbocycles. The lowest BCUT2D eigenvalue weighted by Gasteiger charge is -2.30. The molecular formula is C24H26N2O2. The second-order valence-electron chi connectivity index (χ2n) is 8.16. The second-order valence-corrected chi connectivity index (χ2v) is 8.16. The molecule has 0 spiro atoms. The zero-order chi connectivity index (χ0) is 19.1. The van der Waals surface area contributed by atoms with E-state index in [-0.39, 0.29) is 17.6 Å². The number of nitrogens with one attached hydrogen (secondary N) is 1. The average Bonchev–Trinajstić information content (AvgIpc) is 3.25. The monoisotopic (exact) mass is 374 g/mol. The first-order chi connectivity index (χ1) is 13.7. The average molecular weight is 374 g/mol. The van der Waals surface area contributed by atoms with Gasteiger partial charge in [-0.25, -0.2) is 4.79 Å². The van der Waals surface area contributed by atoms with E-state index in [9.17, 15) is 4.79 Å². The van der Waals surface area contributed by atoms with E-state index in [0.717, 1.165) is 24.9 Å². The van der Waals surface area contributed by atoms with Crippen LogP contribution in [0.1, 0.15) is 43.4 Å². The van der Waals surface area contributed by atoms with Crippen molar-refractivity contribution in [1.29, 1.82) is 0 Å². The van der Waals surface area contributed by atoms with Gasteiger partial charge < -0.3 is 14.6 Å². The zero-order valence-corrected chi connectivity index (χ0v) is 16.2. The van der Waals surface area contributed by atoms with Gasteiger partial charge in [0.15, 0.2) is 0 Å². The molecule has 1 amide bonds. The van der Waals surface area contributed by atoms with Crippen LogP contribution in [0, 0.1) is 5.41 Å². The molecule has 5 rings (SSSR count). The number of aromatic amines is 1. The number of carbonyl (C=O) groups excluding carboxylic acids is 1. The van der Waals surface area contributed by atoms with E-state index in [1.165, 1.54) is 23.0 Å². The van der Waals surface area contributed by atoms with Crippen molar-refractivity contribution in [2.45, 2.75) is 44.8 Å². The van der Waals surface area contributed by atoms with E-state index in [1.54, 1.807) is 0 Å². The fraction of sp³-hybridized carbons (Fsp3) is 0.375. The van der Waals surface area contributed by atoms with Crippen LogP contribution in [0.3, 0.4) is 0 Å². The summed E-state index contributed by atoms with van der Waals surface area (Å²) in [5.41, 5.74) is 3.64. The molecule has 4 heteroatoms. The van der Waals surface area contributed by atoms with Crippen molar-refractivity contribution in [3.8, 4) is 0 Å². The minimum absolute atomic E-state index is 0.176. The Morgan fingerprint density at radius 1 is 1.18 bits per heavy atom. The number of likely N-dealkylation sites (tertiary alicyclic amines) is 1. The molecule has 2 aromatic carbocycles. The van der Waals surface area contributed by atoms with Crippen LogP contribution in [0.2, 0.25) is 0 Å². The molecule has 144 valence electrons. The second kappa shape index (κ2) is 6.69. The van der Waals surface area contributed by atoms with Crippen molar-refractivity contribution in [1.82, 2.24) is 9.88 Å². The maximum absolute atomic E-state index is 12.9. The number of hydrogen-bond acceptors (Lipinski definition) is 2. The molecule has 2 heterocycles. The summed E-state index contributed by atoms with van der Waals surface area (Å²) in [4.78, 5) is 18.5. The number of ether oxygens (including phenoxy) is 1. The van der Waals surface area contributed by atoms with Gasteiger partial charge in [-0.3, -0.25) is 0 Å². The van der Waals surface area contributed by atoms with Crippen LogP contribution in [-0.4, -0.2) is 28.6 Å². The van der Waals surface area contributed by atoms with Gasteiger partial charge in [-0.1, -0.05) is 55.5 Å². The Labute approximate surface area is 165 Å². The van der Waals surface area contributed by atoms with Crippen molar-refractivity contribution in [2.24, 2.45) is 5.41 Å². The van der Waals surface area contributed by atoms with Crippen molar-refractivity contribution in [2.75, 3.05) is 6.54 Å². The molecule has 3 aromatic rings. The summed E-state index contributed by atoms with van der Waals surface area (Å²) in [6.45, 7) is 3.38. The lowest BCUT2D eigenvalue weighted by atomic mass is 9.90. The van der Waals surface area contributed by atoms with Gasteiger partial charge in [0.25, 0.3) is 0 Å². The smallest absolute Gasteiger partial charge is 0.410 e. The number of para-hydroxylation sites is 1. The van der Waals surface area contributed by atoms with Crippen LogP contribution in [-0.2, 0) is 11.3 Å². The van der Waals surface area contributed by atoms with E-state index in [0.29, 0.717) is 12.5 Å². The predicted octanol–water partition coefficient (Wildman–Crippen LogP) is 5.46. The molecule has 1 saturated heterocycles. The molecule has 2 aliphatic rings. The first-order valence-corrected chi connectivity index (χ1v) is 10.3. The molecule has 1 aliphatic heterocycles. The maximum Gasteiger partial charge on any atom is 0.410 e. The summed E-state index contributed by atoms with van der Waals surface area (Å²) >= 11 is 0. The van der Waals surface area contributed by atoms with E-state index in [1.807, 2.05) is 35.2 Å². The summed E-state index contributed by atoms with van der Waals surface area (Å²) in [6, 6.07) is 20.8. The third-order valence-electron chi connectivity index (χ3n) is 6.78. The Morgan fingerprint density at radius 2 is 1.96 bits per heavy atom. The highest BCUT2D eigenvalue weighted by Crippen LogP contribution is 2.68. The van der Waals surface area contributed by atoms with E-state index in [4.69, 9.17) is 4.74 Å². The molecule has 4 nitrogen and oxygen atoms in total. The van der Waals surface area contributed by atoms with Gasteiger partial charge in [-0.2, -0.15) is 0 Å². The Hall–Kier alpha value is -2.75. The normalized spacial score (nSPS) is 26.1. The Morgan fingerprint density at radius 3 is 2.75 bits per heavy atom. The molecule has 3 atom stereocenters. The van der Waals surface area contributed by atoms with E-state index < -0.39 is 0 Å². The quantitative estimate of drug-likeness (QED) is 0.659. The standard InChI is InChI=1S/C24H26N2O2/c1-2-24-13-8-14-26(23(27)28-16-17-9-4-3-5-10-17)22(24)21(24)20-15-18-11-6-7-12-19(18)25-20/h3-7,9-12,15,21-22,25H,2,8,13-14,16H2,1H3/t21-,22-,24+/m0/s1. The molecule has 0 unspecified atom stereocenters. The topological polar surface area (TPSA) is 45.3 Å². The SMILES string of the molecule is CC[C@]12CCCN(C(=O)OCc3ccccc3)[C@H]1[C@@H]2c1cc2ccccc2[nH]1. The molecule has 28 heavy (non-hydrogen) atoms. The number of rotatable bonds is 4. The Bertz CT molecular complexity index is 963. The third-order valence-corrected chi connectivity index (χ3v) is 6.78. The number of H-pyrrole nitrogens is 1. The van der Waals surface area contributed by atoms with Gasteiger partial charge in [0.1, 0.15) is 6.61 Å². The third kappa shape index (κ3) is 2.70. The first kappa shape index (κ1) is 17.4. The van der Waals surface area contributed by atoms with Crippen molar-refractivity contribution >= 4 is 17.0 Å². The van der Waals surface area contributed by atoms with Crippen LogP contribution in [0.4, 0.5) is 4.79 Å². The number of amides is 1. The lowest BCUT2D eigenvalue weighted by Crippen LogP contribution is -2.40. The fourth-order valence-electron chi connectivity index (χ4n) is 5.34. The minimum atomic E-state index is -0.176. The summed E-state index contributed by atoms with van der Waals surface area (Å²) in [5.74, 6) is 0.372. The van der Waals surface area contributed by atoms with E-state index >= 15 is 0 Å². The minimum Gasteiger partial charge on any atom is -0.445 e. The highest BCUT2D eigenvalue weighted by Gasteiger charge is 2.68. The maximum atomic E-state index is 12.9. The van der Waals surface area contributed by atoms with Gasteiger partial charge >= 0.3 is 6.09 Å². The van der Waals surface area contributed by atoms with Crippen molar-refractivity contribution in [3.63, 3.8) is 0 Å². The number of hydrogen-bond donors (Lipinski definition) is 1. The number of fused-ring (bicyclic) bond motifs is 2. The molecule has 0 bridgehead atoms. The predicted molar refractivity (Wildman–Crippen MR) is 110 cm³/mol. The zero-order valence-electron chi connectivity index (χ0n) is 16.2. The van der Waals surface area contributed by atoms with Gasteiger partial charge in [0, 0.05) is 29.1 Å². The Kier molecular flexibility index (Phi) is 4.15. The van der Waals surface area contributed by atoms with Crippen LogP contribution in [0.15, 0.2) is 60.7 Å². The lowest BCUT2D eigenvalue weighted by molar-refractivity contribution is 0.0771. The van der Waals surface area contributed by atoms with Crippen molar-refractivity contribution in [3.05, 3.63) is 71.9 Å². The van der Waals surface area contributed by atoms with Gasteiger partial charge in [0.2, 0.25) is 0 Å². The molecule has 2 fully saturated rings. The van der Waals surface area contributed by atoms with Gasteiger partial charge in [-0.05, 0) is 42.3 Å². The number of carbonyl (C=O) groups is 1. The van der Waals surface area contributed by atoms with Crippen LogP contribution in [0.5, 0.6) is 0 Å².